The average molecular weight is 387 g/mol. The van der Waals surface area contributed by atoms with E-state index in [0.29, 0.717) is 24.3 Å². The number of hydrogen-bond donors (Lipinski definition) is 2. The minimum Gasteiger partial charge on any atom is -0.396 e. The number of halogens is 1. The van der Waals surface area contributed by atoms with Crippen molar-refractivity contribution in [2.24, 2.45) is 10.7 Å². The number of hydrogen-bond acceptors (Lipinski definition) is 5. The summed E-state index contributed by atoms with van der Waals surface area (Å²) in [6.45, 7) is 2.01. The maximum atomic E-state index is 13.0. The van der Waals surface area contributed by atoms with Gasteiger partial charge in [0.25, 0.3) is 5.91 Å². The van der Waals surface area contributed by atoms with Crippen LogP contribution in [-0.2, 0) is 16.8 Å². The van der Waals surface area contributed by atoms with Crippen molar-refractivity contribution in [1.82, 2.24) is 9.88 Å². The molecule has 7 heteroatoms. The lowest BCUT2D eigenvalue weighted by Crippen LogP contribution is -2.40. The quantitative estimate of drug-likeness (QED) is 0.798. The second-order valence-corrected chi connectivity index (χ2v) is 7.08. The number of aryl methyl sites for hydroxylation is 1. The summed E-state index contributed by atoms with van der Waals surface area (Å²) in [7, 11) is 1.64. The van der Waals surface area contributed by atoms with Crippen molar-refractivity contribution in [1.29, 1.82) is 0 Å². The molecule has 0 saturated heterocycles. The number of aliphatic hydroxyl groups excluding tert-OH is 1. The van der Waals surface area contributed by atoms with E-state index in [0.717, 1.165) is 22.3 Å². The minimum atomic E-state index is -1.05. The van der Waals surface area contributed by atoms with Gasteiger partial charge in [-0.25, -0.2) is 4.99 Å². The third-order valence-corrected chi connectivity index (χ3v) is 5.22. The van der Waals surface area contributed by atoms with E-state index in [1.165, 1.54) is 4.90 Å². The molecule has 1 aromatic heterocycles. The van der Waals surface area contributed by atoms with Gasteiger partial charge in [-0.2, -0.15) is 0 Å². The van der Waals surface area contributed by atoms with Crippen LogP contribution in [0.3, 0.4) is 0 Å². The lowest BCUT2D eigenvalue weighted by molar-refractivity contribution is -0.130. The Morgan fingerprint density at radius 1 is 1.26 bits per heavy atom. The van der Waals surface area contributed by atoms with E-state index in [-0.39, 0.29) is 18.5 Å². The molecule has 0 radical (unpaired) electrons. The number of amides is 1. The number of guanidine groups is 1. The van der Waals surface area contributed by atoms with E-state index in [1.54, 1.807) is 19.4 Å². The maximum absolute atomic E-state index is 13.0. The van der Waals surface area contributed by atoms with Crippen molar-refractivity contribution in [3.05, 3.63) is 52.8 Å². The highest BCUT2D eigenvalue weighted by molar-refractivity contribution is 6.30. The minimum absolute atomic E-state index is 0.0811. The molecule has 0 fully saturated rings. The van der Waals surface area contributed by atoms with Gasteiger partial charge in [-0.15, -0.1) is 0 Å². The molecular weight excluding hydrogens is 364 g/mol. The number of rotatable bonds is 6. The summed E-state index contributed by atoms with van der Waals surface area (Å²) in [6, 6.07) is 7.76. The van der Waals surface area contributed by atoms with E-state index < -0.39 is 5.54 Å². The Morgan fingerprint density at radius 3 is 2.63 bits per heavy atom. The van der Waals surface area contributed by atoms with Gasteiger partial charge < -0.3 is 10.8 Å². The van der Waals surface area contributed by atoms with Crippen LogP contribution >= 0.6 is 11.6 Å². The first kappa shape index (κ1) is 19.3. The van der Waals surface area contributed by atoms with Crippen LogP contribution < -0.4 is 5.73 Å². The Hall–Kier alpha value is -2.44. The average Bonchev–Trinajstić information content (AvgIpc) is 2.90. The van der Waals surface area contributed by atoms with Crippen molar-refractivity contribution in [2.45, 2.75) is 31.7 Å². The van der Waals surface area contributed by atoms with E-state index in [2.05, 4.69) is 9.98 Å². The second-order valence-electron chi connectivity index (χ2n) is 6.64. The van der Waals surface area contributed by atoms with Gasteiger partial charge in [0.1, 0.15) is 0 Å². The van der Waals surface area contributed by atoms with Gasteiger partial charge in [0.15, 0.2) is 11.5 Å². The summed E-state index contributed by atoms with van der Waals surface area (Å²) in [6.07, 6.45) is 5.05. The molecule has 0 aliphatic carbocycles. The first-order valence-corrected chi connectivity index (χ1v) is 9.29. The molecule has 27 heavy (non-hydrogen) atoms. The van der Waals surface area contributed by atoms with Crippen LogP contribution in [0, 0.1) is 0 Å². The van der Waals surface area contributed by atoms with Gasteiger partial charge in [0.2, 0.25) is 0 Å². The first-order valence-electron chi connectivity index (χ1n) is 8.91. The van der Waals surface area contributed by atoms with Crippen LogP contribution in [0.15, 0.2) is 41.7 Å². The fourth-order valence-corrected chi connectivity index (χ4v) is 3.67. The van der Waals surface area contributed by atoms with Crippen LogP contribution in [0.5, 0.6) is 0 Å². The summed E-state index contributed by atoms with van der Waals surface area (Å²) in [5, 5.41) is 9.80. The van der Waals surface area contributed by atoms with Gasteiger partial charge >= 0.3 is 0 Å². The smallest absolute Gasteiger partial charge is 0.261 e. The molecule has 1 aliphatic heterocycles. The Bertz CT molecular complexity index is 899. The molecule has 142 valence electrons. The molecule has 1 aliphatic rings. The summed E-state index contributed by atoms with van der Waals surface area (Å²) in [4.78, 5) is 23.1. The fraction of sp³-hybridized carbons (Fsp3) is 0.350. The number of pyridine rings is 1. The topological polar surface area (TPSA) is 91.8 Å². The predicted molar refractivity (Wildman–Crippen MR) is 106 cm³/mol. The van der Waals surface area contributed by atoms with Crippen molar-refractivity contribution in [3.8, 4) is 11.1 Å². The summed E-state index contributed by atoms with van der Waals surface area (Å²) in [5.41, 5.74) is 8.46. The number of aromatic nitrogens is 1. The zero-order chi connectivity index (χ0) is 19.6. The second kappa shape index (κ2) is 7.66. The highest BCUT2D eigenvalue weighted by Crippen LogP contribution is 2.40. The van der Waals surface area contributed by atoms with Crippen molar-refractivity contribution >= 4 is 23.5 Å². The maximum Gasteiger partial charge on any atom is 0.261 e. The molecule has 6 nitrogen and oxygen atoms in total. The van der Waals surface area contributed by atoms with Crippen LogP contribution in [0.1, 0.15) is 30.9 Å². The highest BCUT2D eigenvalue weighted by atomic mass is 35.5. The number of likely N-dealkylation sites (N-methyl/N-ethyl adjacent to an activating group) is 1. The molecule has 1 atom stereocenters. The van der Waals surface area contributed by atoms with Crippen LogP contribution in [0.25, 0.3) is 11.1 Å². The molecular formula is C20H23ClN4O2. The summed E-state index contributed by atoms with van der Waals surface area (Å²) >= 11 is 6.09. The zero-order valence-corrected chi connectivity index (χ0v) is 16.2. The summed E-state index contributed by atoms with van der Waals surface area (Å²) in [5.74, 6) is 0.0684. The van der Waals surface area contributed by atoms with E-state index in [1.807, 2.05) is 31.2 Å². The van der Waals surface area contributed by atoms with Crippen LogP contribution in [-0.4, -0.2) is 40.5 Å². The van der Waals surface area contributed by atoms with Crippen molar-refractivity contribution in [3.63, 3.8) is 0 Å². The van der Waals surface area contributed by atoms with Crippen molar-refractivity contribution < 1.29 is 9.90 Å². The van der Waals surface area contributed by atoms with E-state index in [4.69, 9.17) is 17.3 Å². The molecule has 0 spiro atoms. The van der Waals surface area contributed by atoms with Gasteiger partial charge in [-0.3, -0.25) is 14.7 Å². The Kier molecular flexibility index (Phi) is 5.48. The Morgan fingerprint density at radius 2 is 2.04 bits per heavy atom. The first-order chi connectivity index (χ1) is 12.9. The number of aliphatic hydroxyl groups is 1. The zero-order valence-electron chi connectivity index (χ0n) is 15.4. The third-order valence-electron chi connectivity index (χ3n) is 5.02. The molecule has 3 N–H and O–H groups in total. The largest absolute Gasteiger partial charge is 0.396 e. The SMILES string of the molecule is CC[C@]1(c2cc(-c3cncc(Cl)c3)ccc2CCCO)N=C(N)N(C)C1=O. The molecule has 2 heterocycles. The molecule has 2 aromatic rings. The number of carbonyl (C=O) groups excluding carboxylic acids is 1. The van der Waals surface area contributed by atoms with Gasteiger partial charge in [0.05, 0.1) is 5.02 Å². The molecule has 0 bridgehead atoms. The monoisotopic (exact) mass is 386 g/mol. The number of carbonyl (C=O) groups is 1. The summed E-state index contributed by atoms with van der Waals surface area (Å²) < 4.78 is 0. The molecule has 0 unspecified atom stereocenters. The molecule has 1 amide bonds. The Labute approximate surface area is 163 Å². The number of nitrogens with two attached hydrogens (primary N) is 1. The van der Waals surface area contributed by atoms with Crippen LogP contribution in [0.4, 0.5) is 0 Å². The van der Waals surface area contributed by atoms with Gasteiger partial charge in [-0.05, 0) is 48.1 Å². The molecule has 1 aromatic carbocycles. The molecule has 3 rings (SSSR count). The fourth-order valence-electron chi connectivity index (χ4n) is 3.49. The normalized spacial score (nSPS) is 19.5. The molecule has 0 saturated carbocycles. The third kappa shape index (κ3) is 3.42. The lowest BCUT2D eigenvalue weighted by Gasteiger charge is -2.27. The van der Waals surface area contributed by atoms with Gasteiger partial charge in [0, 0.05) is 31.6 Å². The van der Waals surface area contributed by atoms with E-state index in [9.17, 15) is 9.90 Å². The predicted octanol–water partition coefficient (Wildman–Crippen LogP) is 2.72. The number of nitrogens with zero attached hydrogens (tertiary/aromatic N) is 3. The van der Waals surface area contributed by atoms with E-state index >= 15 is 0 Å². The Balaban J connectivity index is 2.19. The number of benzene rings is 1. The van der Waals surface area contributed by atoms with Crippen molar-refractivity contribution in [2.75, 3.05) is 13.7 Å². The van der Waals surface area contributed by atoms with Crippen LogP contribution in [0.2, 0.25) is 5.02 Å². The highest BCUT2D eigenvalue weighted by Gasteiger charge is 2.47. The standard InChI is InChI=1S/C20H23ClN4O2/c1-3-20(18(27)25(2)19(22)24-20)17-10-14(7-6-13(17)5-4-8-26)15-9-16(21)12-23-11-15/h6-7,9-12,26H,3-5,8H2,1-2H3,(H2,22,24)/t20-/m1/s1. The lowest BCUT2D eigenvalue weighted by atomic mass is 9.81. The van der Waals surface area contributed by atoms with Gasteiger partial charge in [-0.1, -0.05) is 30.7 Å². The number of aliphatic imine (C=N–C) groups is 1.